The van der Waals surface area contributed by atoms with Crippen LogP contribution in [0.3, 0.4) is 0 Å². The van der Waals surface area contributed by atoms with Gasteiger partial charge in [0.1, 0.15) is 6.33 Å². The normalized spacial score (nSPS) is 10.9. The van der Waals surface area contributed by atoms with E-state index >= 15 is 0 Å². The molecular weight excluding hydrogens is 405 g/mol. The molecule has 3 aromatic rings. The standard InChI is InChI=1S/C18H13F3N6O3/c19-18(20,21)12-8-4-5-9-13(12)24-15-14(27(29)30)16(23-10-22-15)25-26-17(28)11-6-2-1-3-7-11/h1-10H,(H,26,28)(H2,22,23,24,25). The van der Waals surface area contributed by atoms with Crippen molar-refractivity contribution in [2.45, 2.75) is 6.18 Å². The number of carbonyl (C=O) groups excluding carboxylic acids is 1. The van der Waals surface area contributed by atoms with Gasteiger partial charge in [0.2, 0.25) is 11.6 Å². The Labute approximate surface area is 167 Å². The highest BCUT2D eigenvalue weighted by molar-refractivity contribution is 5.95. The highest BCUT2D eigenvalue weighted by atomic mass is 19.4. The van der Waals surface area contributed by atoms with Gasteiger partial charge in [-0.25, -0.2) is 9.97 Å². The number of carbonyl (C=O) groups is 1. The van der Waals surface area contributed by atoms with E-state index in [9.17, 15) is 28.1 Å². The number of nitrogens with one attached hydrogen (secondary N) is 3. The molecular formula is C18H13F3N6O3. The van der Waals surface area contributed by atoms with Crippen molar-refractivity contribution in [1.82, 2.24) is 15.4 Å². The molecule has 0 bridgehead atoms. The SMILES string of the molecule is O=C(NNc1ncnc(Nc2ccccc2C(F)(F)F)c1[N+](=O)[O-])c1ccccc1. The molecule has 0 spiro atoms. The lowest BCUT2D eigenvalue weighted by atomic mass is 10.1. The van der Waals surface area contributed by atoms with Crippen molar-refractivity contribution in [3.8, 4) is 0 Å². The second-order valence-electron chi connectivity index (χ2n) is 5.79. The van der Waals surface area contributed by atoms with Crippen LogP contribution in [0.25, 0.3) is 0 Å². The number of nitrogens with zero attached hydrogens (tertiary/aromatic N) is 3. The maximum atomic E-state index is 13.2. The number of aromatic nitrogens is 2. The zero-order valence-electron chi connectivity index (χ0n) is 15.0. The van der Waals surface area contributed by atoms with Gasteiger partial charge >= 0.3 is 11.9 Å². The molecule has 0 fully saturated rings. The van der Waals surface area contributed by atoms with E-state index in [0.717, 1.165) is 18.5 Å². The van der Waals surface area contributed by atoms with E-state index < -0.39 is 45.6 Å². The molecule has 1 heterocycles. The summed E-state index contributed by atoms with van der Waals surface area (Å²) >= 11 is 0. The molecule has 2 aromatic carbocycles. The van der Waals surface area contributed by atoms with Crippen LogP contribution >= 0.6 is 0 Å². The van der Waals surface area contributed by atoms with E-state index in [1.54, 1.807) is 18.2 Å². The molecule has 3 N–H and O–H groups in total. The van der Waals surface area contributed by atoms with Gasteiger partial charge in [0, 0.05) is 5.56 Å². The topological polar surface area (TPSA) is 122 Å². The summed E-state index contributed by atoms with van der Waals surface area (Å²) in [6, 6.07) is 12.5. The predicted molar refractivity (Wildman–Crippen MR) is 101 cm³/mol. The summed E-state index contributed by atoms with van der Waals surface area (Å²) in [5, 5.41) is 13.9. The van der Waals surface area contributed by atoms with Gasteiger partial charge < -0.3 is 5.32 Å². The van der Waals surface area contributed by atoms with Crippen LogP contribution in [-0.4, -0.2) is 20.8 Å². The van der Waals surface area contributed by atoms with Gasteiger partial charge in [-0.1, -0.05) is 30.3 Å². The smallest absolute Gasteiger partial charge is 0.334 e. The lowest BCUT2D eigenvalue weighted by Crippen LogP contribution is -2.30. The minimum absolute atomic E-state index is 0.277. The molecule has 1 aromatic heterocycles. The Morgan fingerprint density at radius 3 is 2.27 bits per heavy atom. The Morgan fingerprint density at radius 1 is 0.967 bits per heavy atom. The first-order valence-electron chi connectivity index (χ1n) is 8.31. The Balaban J connectivity index is 1.89. The van der Waals surface area contributed by atoms with Crippen LogP contribution in [0.5, 0.6) is 0 Å². The molecule has 9 nitrogen and oxygen atoms in total. The van der Waals surface area contributed by atoms with Crippen molar-refractivity contribution < 1.29 is 22.9 Å². The van der Waals surface area contributed by atoms with Crippen LogP contribution in [0.1, 0.15) is 15.9 Å². The monoisotopic (exact) mass is 418 g/mol. The van der Waals surface area contributed by atoms with Gasteiger partial charge in [-0.2, -0.15) is 13.2 Å². The molecule has 0 aliphatic rings. The molecule has 0 saturated carbocycles. The van der Waals surface area contributed by atoms with E-state index in [1.165, 1.54) is 24.3 Å². The molecule has 3 rings (SSSR count). The summed E-state index contributed by atoms with van der Waals surface area (Å²) in [7, 11) is 0. The van der Waals surface area contributed by atoms with Crippen LogP contribution in [0.4, 0.5) is 36.2 Å². The van der Waals surface area contributed by atoms with Gasteiger partial charge in [-0.3, -0.25) is 25.8 Å². The summed E-state index contributed by atoms with van der Waals surface area (Å²) in [6.07, 6.45) is -3.78. The van der Waals surface area contributed by atoms with Crippen molar-refractivity contribution in [1.29, 1.82) is 0 Å². The van der Waals surface area contributed by atoms with Gasteiger partial charge in [-0.05, 0) is 24.3 Å². The molecule has 30 heavy (non-hydrogen) atoms. The average Bonchev–Trinajstić information content (AvgIpc) is 2.72. The molecule has 0 saturated heterocycles. The van der Waals surface area contributed by atoms with Crippen molar-refractivity contribution in [3.63, 3.8) is 0 Å². The van der Waals surface area contributed by atoms with E-state index in [0.29, 0.717) is 0 Å². The van der Waals surface area contributed by atoms with Crippen LogP contribution < -0.4 is 16.2 Å². The van der Waals surface area contributed by atoms with Crippen molar-refractivity contribution in [2.75, 3.05) is 10.7 Å². The summed E-state index contributed by atoms with van der Waals surface area (Å²) in [6.45, 7) is 0. The fraction of sp³-hybridized carbons (Fsp3) is 0.0556. The third-order valence-corrected chi connectivity index (χ3v) is 3.82. The van der Waals surface area contributed by atoms with Gasteiger partial charge in [-0.15, -0.1) is 0 Å². The van der Waals surface area contributed by atoms with Crippen molar-refractivity contribution >= 4 is 28.9 Å². The van der Waals surface area contributed by atoms with Crippen LogP contribution in [0.15, 0.2) is 60.9 Å². The zero-order valence-corrected chi connectivity index (χ0v) is 15.0. The number of nitro groups is 1. The van der Waals surface area contributed by atoms with Gasteiger partial charge in [0.05, 0.1) is 16.2 Å². The number of benzene rings is 2. The zero-order chi connectivity index (χ0) is 21.7. The number of amides is 1. The number of hydrogen-bond acceptors (Lipinski definition) is 7. The van der Waals surface area contributed by atoms with E-state index in [-0.39, 0.29) is 5.56 Å². The predicted octanol–water partition coefficient (Wildman–Crippen LogP) is 3.90. The minimum atomic E-state index is -4.68. The number of halogens is 3. The third kappa shape index (κ3) is 4.60. The molecule has 154 valence electrons. The molecule has 0 aliphatic heterocycles. The maximum Gasteiger partial charge on any atom is 0.418 e. The number of anilines is 3. The number of hydrogen-bond donors (Lipinski definition) is 3. The van der Waals surface area contributed by atoms with E-state index in [1.807, 2.05) is 0 Å². The first-order valence-corrected chi connectivity index (χ1v) is 8.31. The molecule has 0 radical (unpaired) electrons. The lowest BCUT2D eigenvalue weighted by molar-refractivity contribution is -0.383. The number of para-hydroxylation sites is 1. The fourth-order valence-corrected chi connectivity index (χ4v) is 2.48. The second-order valence-corrected chi connectivity index (χ2v) is 5.79. The highest BCUT2D eigenvalue weighted by Crippen LogP contribution is 2.38. The van der Waals surface area contributed by atoms with Crippen LogP contribution in [0, 0.1) is 10.1 Å². The van der Waals surface area contributed by atoms with E-state index in [4.69, 9.17) is 0 Å². The highest BCUT2D eigenvalue weighted by Gasteiger charge is 2.34. The Bertz CT molecular complexity index is 1080. The fourth-order valence-electron chi connectivity index (χ4n) is 2.48. The Morgan fingerprint density at radius 2 is 1.60 bits per heavy atom. The number of hydrazine groups is 1. The largest absolute Gasteiger partial charge is 0.418 e. The number of alkyl halides is 3. The van der Waals surface area contributed by atoms with Gasteiger partial charge in [0.25, 0.3) is 5.91 Å². The maximum absolute atomic E-state index is 13.2. The van der Waals surface area contributed by atoms with Crippen LogP contribution in [-0.2, 0) is 6.18 Å². The average molecular weight is 418 g/mol. The molecule has 12 heteroatoms. The quantitative estimate of drug-likeness (QED) is 0.410. The summed E-state index contributed by atoms with van der Waals surface area (Å²) in [5.41, 5.74) is 2.64. The number of rotatable bonds is 6. The molecule has 1 amide bonds. The second kappa shape index (κ2) is 8.43. The Hall–Kier alpha value is -4.22. The van der Waals surface area contributed by atoms with Crippen LogP contribution in [0.2, 0.25) is 0 Å². The van der Waals surface area contributed by atoms with Crippen molar-refractivity contribution in [3.05, 3.63) is 82.2 Å². The lowest BCUT2D eigenvalue weighted by Gasteiger charge is -2.14. The van der Waals surface area contributed by atoms with E-state index in [2.05, 4.69) is 26.1 Å². The first kappa shape index (κ1) is 20.5. The first-order chi connectivity index (χ1) is 14.3. The molecule has 0 unspecified atom stereocenters. The summed E-state index contributed by atoms with van der Waals surface area (Å²) in [5.74, 6) is -1.49. The minimum Gasteiger partial charge on any atom is -0.334 e. The molecule has 0 aliphatic carbocycles. The summed E-state index contributed by atoms with van der Waals surface area (Å²) < 4.78 is 39.6. The Kier molecular flexibility index (Phi) is 5.76. The summed E-state index contributed by atoms with van der Waals surface area (Å²) in [4.78, 5) is 30.1. The van der Waals surface area contributed by atoms with Gasteiger partial charge in [0.15, 0.2) is 0 Å². The molecule has 0 atom stereocenters. The van der Waals surface area contributed by atoms with Crippen molar-refractivity contribution in [2.24, 2.45) is 0 Å². The third-order valence-electron chi connectivity index (χ3n) is 3.82.